The molecule has 0 bridgehead atoms. The molecule has 2 aromatic carbocycles. The van der Waals surface area contributed by atoms with Gasteiger partial charge in [0.05, 0.1) is 13.1 Å². The van der Waals surface area contributed by atoms with E-state index in [1.165, 1.54) is 42.3 Å². The number of quaternary nitrogens is 1. The van der Waals surface area contributed by atoms with Gasteiger partial charge in [0.2, 0.25) is 0 Å². The molecule has 1 aliphatic heterocycles. The van der Waals surface area contributed by atoms with Crippen LogP contribution < -0.4 is 4.90 Å². The summed E-state index contributed by atoms with van der Waals surface area (Å²) < 4.78 is 0. The molecule has 0 aromatic heterocycles. The summed E-state index contributed by atoms with van der Waals surface area (Å²) in [4.78, 5) is 3.01. The molecule has 104 valence electrons. The summed E-state index contributed by atoms with van der Waals surface area (Å²) in [5.74, 6) is 1.17. The second-order valence-corrected chi connectivity index (χ2v) is 6.85. The topological polar surface area (TPSA) is 4.44 Å². The molecule has 0 saturated carbocycles. The van der Waals surface area contributed by atoms with Gasteiger partial charge in [-0.15, -0.1) is 11.8 Å². The van der Waals surface area contributed by atoms with Crippen molar-refractivity contribution in [2.75, 3.05) is 18.8 Å². The molecule has 1 nitrogen and oxygen atoms in total. The number of halogens is 1. The van der Waals surface area contributed by atoms with E-state index in [-0.39, 0.29) is 0 Å². The van der Waals surface area contributed by atoms with E-state index in [1.54, 1.807) is 10.5 Å². The molecule has 0 aliphatic carbocycles. The Morgan fingerprint density at radius 2 is 1.75 bits per heavy atom. The van der Waals surface area contributed by atoms with E-state index in [0.29, 0.717) is 0 Å². The Bertz CT molecular complexity index is 567. The molecule has 0 radical (unpaired) electrons. The van der Waals surface area contributed by atoms with Crippen LogP contribution in [0.15, 0.2) is 53.4 Å². The molecular formula is C17H19ClNS+. The maximum absolute atomic E-state index is 5.90. The van der Waals surface area contributed by atoms with Crippen molar-refractivity contribution in [1.82, 2.24) is 0 Å². The maximum Gasteiger partial charge on any atom is 0.103 e. The van der Waals surface area contributed by atoms with E-state index in [0.717, 1.165) is 5.02 Å². The standard InChI is InChI=1S/C17H18ClNS/c18-16-5-7-17(8-6-16)20-12-11-19-10-9-14-3-1-2-4-15(14)13-19/h1-8H,9-13H2/p+1. The number of nitrogens with one attached hydrogen (secondary N) is 1. The zero-order valence-electron chi connectivity index (χ0n) is 11.4. The van der Waals surface area contributed by atoms with Crippen LogP contribution in [-0.2, 0) is 13.0 Å². The van der Waals surface area contributed by atoms with Gasteiger partial charge < -0.3 is 4.90 Å². The summed E-state index contributed by atoms with van der Waals surface area (Å²) in [6.45, 7) is 3.66. The Hall–Kier alpha value is -0.960. The van der Waals surface area contributed by atoms with E-state index in [4.69, 9.17) is 11.6 Å². The smallest absolute Gasteiger partial charge is 0.103 e. The van der Waals surface area contributed by atoms with Gasteiger partial charge in [0, 0.05) is 27.7 Å². The van der Waals surface area contributed by atoms with E-state index < -0.39 is 0 Å². The lowest BCUT2D eigenvalue weighted by Crippen LogP contribution is -3.12. The average molecular weight is 305 g/mol. The number of hydrogen-bond donors (Lipinski definition) is 1. The molecular weight excluding hydrogens is 286 g/mol. The molecule has 1 atom stereocenters. The highest BCUT2D eigenvalue weighted by atomic mass is 35.5. The number of thioether (sulfide) groups is 1. The summed E-state index contributed by atoms with van der Waals surface area (Å²) in [5.41, 5.74) is 3.08. The minimum Gasteiger partial charge on any atom is -0.330 e. The fourth-order valence-electron chi connectivity index (χ4n) is 2.70. The Morgan fingerprint density at radius 1 is 1.00 bits per heavy atom. The highest BCUT2D eigenvalue weighted by Gasteiger charge is 2.18. The molecule has 0 fully saturated rings. The van der Waals surface area contributed by atoms with Crippen molar-refractivity contribution in [2.24, 2.45) is 0 Å². The van der Waals surface area contributed by atoms with Crippen LogP contribution in [-0.4, -0.2) is 18.8 Å². The summed E-state index contributed by atoms with van der Waals surface area (Å²) in [7, 11) is 0. The zero-order chi connectivity index (χ0) is 13.8. The van der Waals surface area contributed by atoms with Gasteiger partial charge in [0.1, 0.15) is 6.54 Å². The van der Waals surface area contributed by atoms with E-state index in [1.807, 2.05) is 23.9 Å². The zero-order valence-corrected chi connectivity index (χ0v) is 13.0. The minimum atomic E-state index is 0.813. The van der Waals surface area contributed by atoms with Crippen molar-refractivity contribution >= 4 is 23.4 Å². The van der Waals surface area contributed by atoms with Crippen LogP contribution in [0, 0.1) is 0 Å². The second kappa shape index (κ2) is 6.66. The largest absolute Gasteiger partial charge is 0.330 e. The minimum absolute atomic E-state index is 0.813. The monoisotopic (exact) mass is 304 g/mol. The first-order valence-corrected chi connectivity index (χ1v) is 8.46. The predicted molar refractivity (Wildman–Crippen MR) is 86.7 cm³/mol. The summed E-state index contributed by atoms with van der Waals surface area (Å²) in [6, 6.07) is 17.0. The fourth-order valence-corrected chi connectivity index (χ4v) is 3.78. The molecule has 1 aliphatic rings. The van der Waals surface area contributed by atoms with Gasteiger partial charge >= 0.3 is 0 Å². The van der Waals surface area contributed by atoms with Crippen molar-refractivity contribution in [3.8, 4) is 0 Å². The number of benzene rings is 2. The third kappa shape index (κ3) is 3.57. The maximum atomic E-state index is 5.90. The van der Waals surface area contributed by atoms with Gasteiger partial charge in [-0.25, -0.2) is 0 Å². The molecule has 1 heterocycles. The van der Waals surface area contributed by atoms with Crippen LogP contribution in [0.2, 0.25) is 5.02 Å². The second-order valence-electron chi connectivity index (χ2n) is 5.25. The predicted octanol–water partition coefficient (Wildman–Crippen LogP) is 3.07. The van der Waals surface area contributed by atoms with Crippen LogP contribution >= 0.6 is 23.4 Å². The van der Waals surface area contributed by atoms with Crippen LogP contribution in [0.3, 0.4) is 0 Å². The van der Waals surface area contributed by atoms with Gasteiger partial charge in [0.25, 0.3) is 0 Å². The SMILES string of the molecule is Clc1ccc(SCC[NH+]2CCc3ccccc3C2)cc1. The Balaban J connectivity index is 1.49. The first-order valence-electron chi connectivity index (χ1n) is 7.10. The van der Waals surface area contributed by atoms with Gasteiger partial charge in [-0.1, -0.05) is 35.9 Å². The molecule has 3 rings (SSSR count). The molecule has 0 amide bonds. The lowest BCUT2D eigenvalue weighted by Gasteiger charge is -2.25. The highest BCUT2D eigenvalue weighted by molar-refractivity contribution is 7.99. The van der Waals surface area contributed by atoms with Gasteiger partial charge in [-0.3, -0.25) is 0 Å². The van der Waals surface area contributed by atoms with Crippen molar-refractivity contribution in [1.29, 1.82) is 0 Å². The Kier molecular flexibility index (Phi) is 4.66. The molecule has 2 aromatic rings. The first kappa shape index (κ1) is 14.0. The lowest BCUT2D eigenvalue weighted by atomic mass is 10.0. The van der Waals surface area contributed by atoms with Crippen molar-refractivity contribution in [2.45, 2.75) is 17.9 Å². The number of rotatable bonds is 4. The van der Waals surface area contributed by atoms with Crippen LogP contribution in [0.1, 0.15) is 11.1 Å². The molecule has 0 saturated heterocycles. The first-order chi connectivity index (χ1) is 9.81. The molecule has 20 heavy (non-hydrogen) atoms. The molecule has 1 unspecified atom stereocenters. The summed E-state index contributed by atoms with van der Waals surface area (Å²) in [6.07, 6.45) is 1.22. The van der Waals surface area contributed by atoms with Crippen LogP contribution in [0.5, 0.6) is 0 Å². The number of hydrogen-bond acceptors (Lipinski definition) is 1. The molecule has 1 N–H and O–H groups in total. The quantitative estimate of drug-likeness (QED) is 0.851. The highest BCUT2D eigenvalue weighted by Crippen LogP contribution is 2.19. The van der Waals surface area contributed by atoms with Crippen LogP contribution in [0.4, 0.5) is 0 Å². The average Bonchev–Trinajstić information content (AvgIpc) is 2.49. The number of fused-ring (bicyclic) bond motifs is 1. The fraction of sp³-hybridized carbons (Fsp3) is 0.294. The lowest BCUT2D eigenvalue weighted by molar-refractivity contribution is -0.913. The molecule has 3 heteroatoms. The van der Waals surface area contributed by atoms with Crippen LogP contribution in [0.25, 0.3) is 0 Å². The third-order valence-corrected chi connectivity index (χ3v) is 5.11. The Morgan fingerprint density at radius 3 is 2.55 bits per heavy atom. The van der Waals surface area contributed by atoms with Gasteiger partial charge in [-0.2, -0.15) is 0 Å². The van der Waals surface area contributed by atoms with E-state index in [2.05, 4.69) is 36.4 Å². The van der Waals surface area contributed by atoms with Crippen molar-refractivity contribution < 1.29 is 4.90 Å². The van der Waals surface area contributed by atoms with Gasteiger partial charge in [0.15, 0.2) is 0 Å². The van der Waals surface area contributed by atoms with E-state index in [9.17, 15) is 0 Å². The normalized spacial score (nSPS) is 17.8. The third-order valence-electron chi connectivity index (χ3n) is 3.84. The van der Waals surface area contributed by atoms with Gasteiger partial charge in [-0.05, 0) is 29.8 Å². The van der Waals surface area contributed by atoms with E-state index >= 15 is 0 Å². The van der Waals surface area contributed by atoms with Crippen molar-refractivity contribution in [3.05, 3.63) is 64.7 Å². The summed E-state index contributed by atoms with van der Waals surface area (Å²) >= 11 is 7.83. The molecule has 0 spiro atoms. The summed E-state index contributed by atoms with van der Waals surface area (Å²) in [5, 5.41) is 0.813. The Labute approximate surface area is 129 Å². The van der Waals surface area contributed by atoms with Crippen molar-refractivity contribution in [3.63, 3.8) is 0 Å².